The summed E-state index contributed by atoms with van der Waals surface area (Å²) in [6.45, 7) is 5.95. The van der Waals surface area contributed by atoms with E-state index in [0.717, 1.165) is 22.3 Å². The van der Waals surface area contributed by atoms with Crippen LogP contribution in [0.2, 0.25) is 0 Å². The number of aryl methyl sites for hydroxylation is 3. The smallest absolute Gasteiger partial charge is 0.250 e. The highest BCUT2D eigenvalue weighted by Crippen LogP contribution is 2.46. The third-order valence-electron chi connectivity index (χ3n) is 6.61. The van der Waals surface area contributed by atoms with Crippen molar-refractivity contribution in [2.45, 2.75) is 26.7 Å². The molecule has 3 aromatic carbocycles. The van der Waals surface area contributed by atoms with Crippen molar-refractivity contribution >= 4 is 29.1 Å². The molecule has 174 valence electrons. The summed E-state index contributed by atoms with van der Waals surface area (Å²) in [4.78, 5) is 43.2. The van der Waals surface area contributed by atoms with E-state index in [9.17, 15) is 14.4 Å². The summed E-state index contributed by atoms with van der Waals surface area (Å²) in [6.07, 6.45) is 0. The monoisotopic (exact) mass is 455 g/mol. The van der Waals surface area contributed by atoms with Crippen molar-refractivity contribution < 1.29 is 14.4 Å². The Kier molecular flexibility index (Phi) is 6.24. The fraction of sp³-hybridized carbons (Fsp3) is 0.250. The topological polar surface area (TPSA) is 78.5 Å². The minimum Gasteiger partial charge on any atom is -0.344 e. The normalized spacial score (nSPS) is 16.9. The lowest BCUT2D eigenvalue weighted by Gasteiger charge is -2.31. The lowest BCUT2D eigenvalue weighted by Crippen LogP contribution is -2.54. The number of hydrogen-bond acceptors (Lipinski definition) is 3. The van der Waals surface area contributed by atoms with Gasteiger partial charge in [0.2, 0.25) is 23.1 Å². The van der Waals surface area contributed by atoms with Crippen molar-refractivity contribution in [1.82, 2.24) is 4.90 Å². The lowest BCUT2D eigenvalue weighted by atomic mass is 9.71. The standard InChI is InChI=1S/C28H29N3O3/c1-18-10-9-13-21(16-18)22-17-31(4)27(34)28(22,25(32)29-23-14-7-5-11-19(23)2)26(33)30-24-15-8-6-12-20(24)3/h5-16,22H,17H2,1-4H3,(H,29,32)(H,30,33). The second-order valence-corrected chi connectivity index (χ2v) is 9.00. The number of rotatable bonds is 5. The van der Waals surface area contributed by atoms with E-state index in [0.29, 0.717) is 11.4 Å². The molecule has 0 radical (unpaired) electrons. The van der Waals surface area contributed by atoms with Crippen molar-refractivity contribution in [3.63, 3.8) is 0 Å². The van der Waals surface area contributed by atoms with E-state index in [-0.39, 0.29) is 6.54 Å². The number of carbonyl (C=O) groups excluding carboxylic acids is 3. The van der Waals surface area contributed by atoms with Crippen molar-refractivity contribution in [2.24, 2.45) is 5.41 Å². The van der Waals surface area contributed by atoms with Crippen LogP contribution in [0.3, 0.4) is 0 Å². The van der Waals surface area contributed by atoms with Gasteiger partial charge in [0, 0.05) is 30.9 Å². The van der Waals surface area contributed by atoms with Gasteiger partial charge in [0.15, 0.2) is 0 Å². The average molecular weight is 456 g/mol. The summed E-state index contributed by atoms with van der Waals surface area (Å²) in [5.41, 5.74) is 2.63. The molecule has 1 unspecified atom stereocenters. The van der Waals surface area contributed by atoms with Crippen molar-refractivity contribution in [2.75, 3.05) is 24.2 Å². The number of para-hydroxylation sites is 2. The van der Waals surface area contributed by atoms with Crippen LogP contribution >= 0.6 is 0 Å². The summed E-state index contributed by atoms with van der Waals surface area (Å²) in [5.74, 6) is -2.43. The number of nitrogens with one attached hydrogen (secondary N) is 2. The Morgan fingerprint density at radius 1 is 0.824 bits per heavy atom. The largest absolute Gasteiger partial charge is 0.344 e. The minimum atomic E-state index is -1.97. The van der Waals surface area contributed by atoms with E-state index in [4.69, 9.17) is 0 Å². The van der Waals surface area contributed by atoms with E-state index < -0.39 is 29.1 Å². The first-order valence-electron chi connectivity index (χ1n) is 11.3. The molecule has 3 aromatic rings. The number of anilines is 2. The van der Waals surface area contributed by atoms with Gasteiger partial charge in [-0.25, -0.2) is 0 Å². The zero-order chi connectivity index (χ0) is 24.5. The predicted octanol–water partition coefficient (Wildman–Crippen LogP) is 4.43. The molecule has 2 N–H and O–H groups in total. The Balaban J connectivity index is 1.86. The summed E-state index contributed by atoms with van der Waals surface area (Å²) in [6, 6.07) is 22.3. The number of hydrogen-bond donors (Lipinski definition) is 2. The maximum atomic E-state index is 14.0. The predicted molar refractivity (Wildman–Crippen MR) is 134 cm³/mol. The van der Waals surface area contributed by atoms with Crippen LogP contribution in [0.4, 0.5) is 11.4 Å². The fourth-order valence-electron chi connectivity index (χ4n) is 4.67. The maximum absolute atomic E-state index is 14.0. The molecule has 0 aliphatic carbocycles. The summed E-state index contributed by atoms with van der Waals surface area (Å²) in [5, 5.41) is 5.78. The van der Waals surface area contributed by atoms with Crippen molar-refractivity contribution in [3.8, 4) is 0 Å². The van der Waals surface area contributed by atoms with Crippen molar-refractivity contribution in [3.05, 3.63) is 95.1 Å². The molecule has 0 aromatic heterocycles. The highest BCUT2D eigenvalue weighted by atomic mass is 16.2. The quantitative estimate of drug-likeness (QED) is 0.559. The molecular formula is C28H29N3O3. The molecule has 0 spiro atoms. The minimum absolute atomic E-state index is 0.255. The van der Waals surface area contributed by atoms with Crippen LogP contribution in [0.5, 0.6) is 0 Å². The van der Waals surface area contributed by atoms with Gasteiger partial charge in [0.25, 0.3) is 0 Å². The molecule has 1 aliphatic rings. The van der Waals surface area contributed by atoms with E-state index in [1.807, 2.05) is 81.4 Å². The van der Waals surface area contributed by atoms with Crippen LogP contribution in [0, 0.1) is 26.2 Å². The van der Waals surface area contributed by atoms with Crippen molar-refractivity contribution in [1.29, 1.82) is 0 Å². The molecule has 6 heteroatoms. The first-order valence-corrected chi connectivity index (χ1v) is 11.3. The molecular weight excluding hydrogens is 426 g/mol. The number of benzene rings is 3. The maximum Gasteiger partial charge on any atom is 0.250 e. The molecule has 1 atom stereocenters. The first-order chi connectivity index (χ1) is 16.2. The van der Waals surface area contributed by atoms with Crippen LogP contribution in [0.15, 0.2) is 72.8 Å². The molecule has 0 bridgehead atoms. The molecule has 1 saturated heterocycles. The number of amides is 3. The Hall–Kier alpha value is -3.93. The third kappa shape index (κ3) is 3.96. The number of nitrogens with zero attached hydrogens (tertiary/aromatic N) is 1. The number of likely N-dealkylation sites (tertiary alicyclic amines) is 1. The Bertz CT molecular complexity index is 1210. The van der Waals surface area contributed by atoms with Gasteiger partial charge in [-0.2, -0.15) is 0 Å². The highest BCUT2D eigenvalue weighted by Gasteiger charge is 2.64. The van der Waals surface area contributed by atoms with Gasteiger partial charge in [-0.15, -0.1) is 0 Å². The van der Waals surface area contributed by atoms with Gasteiger partial charge < -0.3 is 15.5 Å². The fourth-order valence-corrected chi connectivity index (χ4v) is 4.67. The second-order valence-electron chi connectivity index (χ2n) is 9.00. The molecule has 0 saturated carbocycles. The van der Waals surface area contributed by atoms with E-state index in [1.54, 1.807) is 19.2 Å². The molecule has 1 heterocycles. The van der Waals surface area contributed by atoms with Gasteiger partial charge in [-0.1, -0.05) is 66.2 Å². The van der Waals surface area contributed by atoms with Crippen LogP contribution in [0.25, 0.3) is 0 Å². The molecule has 3 amide bonds. The highest BCUT2D eigenvalue weighted by molar-refractivity contribution is 6.30. The molecule has 1 fully saturated rings. The average Bonchev–Trinajstić information content (AvgIpc) is 3.08. The van der Waals surface area contributed by atoms with Crippen LogP contribution in [-0.4, -0.2) is 36.2 Å². The molecule has 4 rings (SSSR count). The van der Waals surface area contributed by atoms with E-state index in [2.05, 4.69) is 10.6 Å². The number of likely N-dealkylation sites (N-methyl/N-ethyl adjacent to an activating group) is 1. The molecule has 1 aliphatic heterocycles. The zero-order valence-electron chi connectivity index (χ0n) is 19.9. The van der Waals surface area contributed by atoms with Gasteiger partial charge in [-0.05, 0) is 49.6 Å². The second kappa shape index (κ2) is 9.14. The number of carbonyl (C=O) groups is 3. The Labute approximate surface area is 200 Å². The van der Waals surface area contributed by atoms with Crippen LogP contribution in [0.1, 0.15) is 28.2 Å². The SMILES string of the molecule is Cc1cccc(C2CN(C)C(=O)C2(C(=O)Nc2ccccc2C)C(=O)Nc2ccccc2C)c1. The summed E-state index contributed by atoms with van der Waals surface area (Å²) < 4.78 is 0. The van der Waals surface area contributed by atoms with Crippen LogP contribution < -0.4 is 10.6 Å². The van der Waals surface area contributed by atoms with E-state index in [1.165, 1.54) is 4.90 Å². The van der Waals surface area contributed by atoms with Crippen LogP contribution in [-0.2, 0) is 14.4 Å². The van der Waals surface area contributed by atoms with Gasteiger partial charge in [-0.3, -0.25) is 14.4 Å². The van der Waals surface area contributed by atoms with E-state index >= 15 is 0 Å². The first kappa shape index (κ1) is 23.2. The Morgan fingerprint density at radius 2 is 1.35 bits per heavy atom. The summed E-state index contributed by atoms with van der Waals surface area (Å²) in [7, 11) is 1.63. The Morgan fingerprint density at radius 3 is 1.85 bits per heavy atom. The van der Waals surface area contributed by atoms with Gasteiger partial charge in [0.05, 0.1) is 0 Å². The van der Waals surface area contributed by atoms with Gasteiger partial charge in [0.1, 0.15) is 0 Å². The lowest BCUT2D eigenvalue weighted by molar-refractivity contribution is -0.148. The summed E-state index contributed by atoms with van der Waals surface area (Å²) >= 11 is 0. The molecule has 34 heavy (non-hydrogen) atoms. The third-order valence-corrected chi connectivity index (χ3v) is 6.61. The molecule has 6 nitrogen and oxygen atoms in total. The van der Waals surface area contributed by atoms with Gasteiger partial charge >= 0.3 is 0 Å². The zero-order valence-corrected chi connectivity index (χ0v) is 19.9.